The van der Waals surface area contributed by atoms with Crippen molar-refractivity contribution in [2.75, 3.05) is 16.8 Å². The molecule has 1 N–H and O–H groups in total. The third kappa shape index (κ3) is 2.94. The molecule has 1 aromatic carbocycles. The molecule has 1 aliphatic carbocycles. The molecule has 4 heteroatoms. The number of hydrogen-bond acceptors (Lipinski definition) is 2. The van der Waals surface area contributed by atoms with Gasteiger partial charge in [0.05, 0.1) is 0 Å². The van der Waals surface area contributed by atoms with Crippen LogP contribution in [-0.4, -0.2) is 18.4 Å². The Bertz CT molecular complexity index is 562. The average Bonchev–Trinajstić information content (AvgIpc) is 2.91. The summed E-state index contributed by atoms with van der Waals surface area (Å²) in [5.41, 5.74) is 2.93. The lowest BCUT2D eigenvalue weighted by Crippen LogP contribution is -2.26. The topological polar surface area (TPSA) is 49.4 Å². The first kappa shape index (κ1) is 14.1. The molecule has 1 aliphatic heterocycles. The van der Waals surface area contributed by atoms with Gasteiger partial charge in [0.1, 0.15) is 0 Å². The quantitative estimate of drug-likeness (QED) is 0.908. The van der Waals surface area contributed by atoms with E-state index in [0.717, 1.165) is 50.0 Å². The molecule has 2 amide bonds. The Kier molecular flexibility index (Phi) is 3.95. The van der Waals surface area contributed by atoms with Crippen molar-refractivity contribution in [3.05, 3.63) is 23.8 Å². The number of anilines is 2. The van der Waals surface area contributed by atoms with Crippen LogP contribution < -0.4 is 10.2 Å². The second kappa shape index (κ2) is 5.88. The van der Waals surface area contributed by atoms with Crippen LogP contribution >= 0.6 is 0 Å². The summed E-state index contributed by atoms with van der Waals surface area (Å²) in [6.45, 7) is 2.33. The lowest BCUT2D eigenvalue weighted by atomic mass is 9.88. The molecule has 4 nitrogen and oxygen atoms in total. The predicted octanol–water partition coefficient (Wildman–Crippen LogP) is 3.11. The molecule has 1 fully saturated rings. The molecule has 0 radical (unpaired) electrons. The van der Waals surface area contributed by atoms with Crippen LogP contribution in [0.2, 0.25) is 0 Å². The van der Waals surface area contributed by atoms with Crippen LogP contribution in [0.1, 0.15) is 44.6 Å². The Morgan fingerprint density at radius 1 is 1.19 bits per heavy atom. The first-order valence-corrected chi connectivity index (χ1v) is 7.87. The molecule has 112 valence electrons. The summed E-state index contributed by atoms with van der Waals surface area (Å²) in [5, 5.41) is 3.02. The van der Waals surface area contributed by atoms with Crippen LogP contribution in [0.15, 0.2) is 18.2 Å². The normalized spacial score (nSPS) is 18.4. The lowest BCUT2D eigenvalue weighted by molar-refractivity contribution is -0.120. The second-order valence-corrected chi connectivity index (χ2v) is 6.09. The van der Waals surface area contributed by atoms with Gasteiger partial charge in [0.25, 0.3) is 0 Å². The Morgan fingerprint density at radius 2 is 1.95 bits per heavy atom. The minimum atomic E-state index is 0.0597. The Hall–Kier alpha value is -1.84. The van der Waals surface area contributed by atoms with E-state index in [4.69, 9.17) is 0 Å². The van der Waals surface area contributed by atoms with E-state index in [1.54, 1.807) is 11.8 Å². The van der Waals surface area contributed by atoms with Crippen molar-refractivity contribution in [3.8, 4) is 0 Å². The molecule has 0 atom stereocenters. The molecule has 1 heterocycles. The lowest BCUT2D eigenvalue weighted by Gasteiger charge is -2.21. The molecular formula is C17H22N2O2. The Labute approximate surface area is 125 Å². The fraction of sp³-hybridized carbons (Fsp3) is 0.529. The number of carbonyl (C=O) groups excluding carboxylic acids is 2. The summed E-state index contributed by atoms with van der Waals surface area (Å²) in [6, 6.07) is 5.91. The minimum Gasteiger partial charge on any atom is -0.326 e. The van der Waals surface area contributed by atoms with E-state index < -0.39 is 0 Å². The van der Waals surface area contributed by atoms with Gasteiger partial charge in [-0.05, 0) is 37.0 Å². The summed E-state index contributed by atoms with van der Waals surface area (Å²) in [7, 11) is 0. The highest BCUT2D eigenvalue weighted by Crippen LogP contribution is 2.31. The molecule has 0 unspecified atom stereocenters. The van der Waals surface area contributed by atoms with Crippen LogP contribution in [0.5, 0.6) is 0 Å². The maximum absolute atomic E-state index is 12.3. The zero-order valence-corrected chi connectivity index (χ0v) is 12.5. The molecule has 21 heavy (non-hydrogen) atoms. The van der Waals surface area contributed by atoms with Gasteiger partial charge >= 0.3 is 0 Å². The first-order valence-electron chi connectivity index (χ1n) is 7.87. The number of nitrogens with one attached hydrogen (secondary N) is 1. The van der Waals surface area contributed by atoms with Gasteiger partial charge in [-0.25, -0.2) is 0 Å². The van der Waals surface area contributed by atoms with Crippen molar-refractivity contribution in [3.63, 3.8) is 0 Å². The highest BCUT2D eigenvalue weighted by atomic mass is 16.2. The van der Waals surface area contributed by atoms with Gasteiger partial charge in [0.2, 0.25) is 11.8 Å². The zero-order chi connectivity index (χ0) is 14.8. The maximum atomic E-state index is 12.3. The summed E-state index contributed by atoms with van der Waals surface area (Å²) < 4.78 is 0. The average molecular weight is 286 g/mol. The van der Waals surface area contributed by atoms with E-state index in [1.165, 1.54) is 12.0 Å². The van der Waals surface area contributed by atoms with Gasteiger partial charge < -0.3 is 10.2 Å². The fourth-order valence-electron chi connectivity index (χ4n) is 3.39. The molecule has 0 spiro atoms. The van der Waals surface area contributed by atoms with Crippen molar-refractivity contribution in [1.29, 1.82) is 0 Å². The van der Waals surface area contributed by atoms with E-state index in [2.05, 4.69) is 5.32 Å². The standard InChI is InChI=1S/C17H22N2O2/c1-12(20)19-10-9-13-7-8-15(11-16(13)19)18-17(21)14-5-3-2-4-6-14/h7-8,11,14H,2-6,9-10H2,1H3,(H,18,21). The van der Waals surface area contributed by atoms with E-state index >= 15 is 0 Å². The Balaban J connectivity index is 1.73. The first-order chi connectivity index (χ1) is 10.1. The number of nitrogens with zero attached hydrogens (tertiary/aromatic N) is 1. The Morgan fingerprint density at radius 3 is 2.67 bits per heavy atom. The summed E-state index contributed by atoms with van der Waals surface area (Å²) in [5.74, 6) is 0.336. The van der Waals surface area contributed by atoms with Gasteiger partial charge in [0.15, 0.2) is 0 Å². The largest absolute Gasteiger partial charge is 0.326 e. The van der Waals surface area contributed by atoms with Gasteiger partial charge in [-0.1, -0.05) is 25.3 Å². The highest BCUT2D eigenvalue weighted by Gasteiger charge is 2.24. The van der Waals surface area contributed by atoms with Crippen LogP contribution in [0, 0.1) is 5.92 Å². The molecular weight excluding hydrogens is 264 g/mol. The number of amides is 2. The molecule has 3 rings (SSSR count). The molecule has 1 saturated carbocycles. The van der Waals surface area contributed by atoms with E-state index in [9.17, 15) is 9.59 Å². The van der Waals surface area contributed by atoms with Crippen molar-refractivity contribution >= 4 is 23.2 Å². The van der Waals surface area contributed by atoms with Crippen LogP contribution in [0.4, 0.5) is 11.4 Å². The summed E-state index contributed by atoms with van der Waals surface area (Å²) in [4.78, 5) is 25.7. The van der Waals surface area contributed by atoms with Crippen molar-refractivity contribution in [2.45, 2.75) is 45.4 Å². The smallest absolute Gasteiger partial charge is 0.227 e. The van der Waals surface area contributed by atoms with Crippen LogP contribution in [0.25, 0.3) is 0 Å². The van der Waals surface area contributed by atoms with Gasteiger partial charge in [-0.2, -0.15) is 0 Å². The zero-order valence-electron chi connectivity index (χ0n) is 12.5. The molecule has 1 aromatic rings. The van der Waals surface area contributed by atoms with Crippen molar-refractivity contribution in [1.82, 2.24) is 0 Å². The van der Waals surface area contributed by atoms with Crippen LogP contribution in [0.3, 0.4) is 0 Å². The second-order valence-electron chi connectivity index (χ2n) is 6.09. The fourth-order valence-corrected chi connectivity index (χ4v) is 3.39. The number of carbonyl (C=O) groups is 2. The molecule has 0 saturated heterocycles. The third-order valence-corrected chi connectivity index (χ3v) is 4.60. The summed E-state index contributed by atoms with van der Waals surface area (Å²) in [6.07, 6.45) is 6.44. The monoisotopic (exact) mass is 286 g/mol. The van der Waals surface area contributed by atoms with Gasteiger partial charge in [0, 0.05) is 30.8 Å². The van der Waals surface area contributed by atoms with Crippen LogP contribution in [-0.2, 0) is 16.0 Å². The molecule has 0 bridgehead atoms. The maximum Gasteiger partial charge on any atom is 0.227 e. The molecule has 0 aromatic heterocycles. The van der Waals surface area contributed by atoms with Crippen molar-refractivity contribution in [2.24, 2.45) is 5.92 Å². The molecule has 2 aliphatic rings. The SMILES string of the molecule is CC(=O)N1CCc2ccc(NC(=O)C3CCCCC3)cc21. The van der Waals surface area contributed by atoms with E-state index in [1.807, 2.05) is 18.2 Å². The van der Waals surface area contributed by atoms with Gasteiger partial charge in [-0.15, -0.1) is 0 Å². The van der Waals surface area contributed by atoms with E-state index in [-0.39, 0.29) is 17.7 Å². The van der Waals surface area contributed by atoms with Gasteiger partial charge in [-0.3, -0.25) is 9.59 Å². The predicted molar refractivity (Wildman–Crippen MR) is 83.4 cm³/mol. The number of fused-ring (bicyclic) bond motifs is 1. The highest BCUT2D eigenvalue weighted by molar-refractivity contribution is 5.97. The number of hydrogen-bond donors (Lipinski definition) is 1. The van der Waals surface area contributed by atoms with E-state index in [0.29, 0.717) is 0 Å². The number of rotatable bonds is 2. The van der Waals surface area contributed by atoms with Crippen molar-refractivity contribution < 1.29 is 9.59 Å². The third-order valence-electron chi connectivity index (χ3n) is 4.60. The minimum absolute atomic E-state index is 0.0597. The summed E-state index contributed by atoms with van der Waals surface area (Å²) >= 11 is 0. The number of benzene rings is 1.